The number of carbonyl (C=O) groups excluding carboxylic acids is 2. The Morgan fingerprint density at radius 2 is 2.06 bits per heavy atom. The summed E-state index contributed by atoms with van der Waals surface area (Å²) in [6.45, 7) is 7.78. The summed E-state index contributed by atoms with van der Waals surface area (Å²) < 4.78 is 0. The van der Waals surface area contributed by atoms with E-state index in [0.717, 1.165) is 19.3 Å². The first-order chi connectivity index (χ1) is 8.52. The Balaban J connectivity index is 4.20. The highest BCUT2D eigenvalue weighted by Gasteiger charge is 2.20. The molecular weight excluding hydrogens is 230 g/mol. The monoisotopic (exact) mass is 254 g/mol. The van der Waals surface area contributed by atoms with Gasteiger partial charge in [-0.1, -0.05) is 39.2 Å². The Bertz CT molecular complexity index is 276. The molecule has 0 radical (unpaired) electrons. The van der Waals surface area contributed by atoms with E-state index >= 15 is 0 Å². The van der Waals surface area contributed by atoms with Gasteiger partial charge in [-0.15, -0.1) is 6.58 Å². The van der Waals surface area contributed by atoms with Gasteiger partial charge in [0.05, 0.1) is 0 Å². The first-order valence-corrected chi connectivity index (χ1v) is 6.61. The van der Waals surface area contributed by atoms with E-state index in [9.17, 15) is 14.7 Å². The SMILES string of the molecule is C=CCNC(=O)C[C@@H](C)[C@@H](CCCCC)C(=O)[O-]. The molecule has 0 heterocycles. The van der Waals surface area contributed by atoms with Crippen LogP contribution < -0.4 is 10.4 Å². The highest BCUT2D eigenvalue weighted by molar-refractivity contribution is 5.77. The fourth-order valence-corrected chi connectivity index (χ4v) is 1.94. The number of aliphatic carboxylic acids is 1. The number of rotatable bonds is 10. The lowest BCUT2D eigenvalue weighted by molar-refractivity contribution is -0.313. The fraction of sp³-hybridized carbons (Fsp3) is 0.714. The highest BCUT2D eigenvalue weighted by atomic mass is 16.4. The van der Waals surface area contributed by atoms with Crippen LogP contribution in [0, 0.1) is 11.8 Å². The van der Waals surface area contributed by atoms with E-state index in [-0.39, 0.29) is 18.2 Å². The van der Waals surface area contributed by atoms with Gasteiger partial charge in [0.2, 0.25) is 5.91 Å². The van der Waals surface area contributed by atoms with Gasteiger partial charge in [0.1, 0.15) is 0 Å². The molecule has 0 spiro atoms. The fourth-order valence-electron chi connectivity index (χ4n) is 1.94. The predicted octanol–water partition coefficient (Wildman–Crippen LogP) is 1.26. The zero-order valence-corrected chi connectivity index (χ0v) is 11.4. The van der Waals surface area contributed by atoms with Crippen molar-refractivity contribution in [3.8, 4) is 0 Å². The van der Waals surface area contributed by atoms with Crippen molar-refractivity contribution in [2.24, 2.45) is 11.8 Å². The van der Waals surface area contributed by atoms with E-state index in [2.05, 4.69) is 18.8 Å². The van der Waals surface area contributed by atoms with Crippen LogP contribution in [0.25, 0.3) is 0 Å². The molecule has 4 nitrogen and oxygen atoms in total. The van der Waals surface area contributed by atoms with Crippen molar-refractivity contribution in [2.45, 2.75) is 46.0 Å². The normalized spacial score (nSPS) is 13.7. The maximum atomic E-state index is 11.5. The summed E-state index contributed by atoms with van der Waals surface area (Å²) in [5, 5.41) is 13.7. The maximum absolute atomic E-state index is 11.5. The van der Waals surface area contributed by atoms with Crippen LogP contribution in [-0.4, -0.2) is 18.4 Å². The second-order valence-corrected chi connectivity index (χ2v) is 4.70. The molecule has 0 saturated heterocycles. The van der Waals surface area contributed by atoms with Gasteiger partial charge < -0.3 is 15.2 Å². The van der Waals surface area contributed by atoms with Crippen LogP contribution in [0.2, 0.25) is 0 Å². The van der Waals surface area contributed by atoms with Crippen LogP contribution >= 0.6 is 0 Å². The molecule has 4 heteroatoms. The molecule has 0 unspecified atom stereocenters. The van der Waals surface area contributed by atoms with Gasteiger partial charge in [-0.05, 0) is 12.3 Å². The lowest BCUT2D eigenvalue weighted by atomic mass is 9.86. The van der Waals surface area contributed by atoms with E-state index in [4.69, 9.17) is 0 Å². The number of carboxylic acid groups (broad SMARTS) is 1. The molecule has 1 N–H and O–H groups in total. The minimum atomic E-state index is -1.05. The van der Waals surface area contributed by atoms with Crippen molar-refractivity contribution >= 4 is 11.9 Å². The Kier molecular flexibility index (Phi) is 8.97. The summed E-state index contributed by atoms with van der Waals surface area (Å²) in [4.78, 5) is 22.6. The minimum absolute atomic E-state index is 0.135. The van der Waals surface area contributed by atoms with E-state index in [1.165, 1.54) is 0 Å². The zero-order valence-electron chi connectivity index (χ0n) is 11.4. The van der Waals surface area contributed by atoms with Crippen molar-refractivity contribution < 1.29 is 14.7 Å². The van der Waals surface area contributed by atoms with Crippen LogP contribution in [0.4, 0.5) is 0 Å². The molecule has 0 rings (SSSR count). The average molecular weight is 254 g/mol. The largest absolute Gasteiger partial charge is 0.550 e. The number of unbranched alkanes of at least 4 members (excludes halogenated alkanes) is 2. The van der Waals surface area contributed by atoms with Gasteiger partial charge >= 0.3 is 0 Å². The topological polar surface area (TPSA) is 69.2 Å². The van der Waals surface area contributed by atoms with Crippen LogP contribution in [0.15, 0.2) is 12.7 Å². The quantitative estimate of drug-likeness (QED) is 0.471. The van der Waals surface area contributed by atoms with Gasteiger partial charge in [0.15, 0.2) is 0 Å². The zero-order chi connectivity index (χ0) is 14.0. The first kappa shape index (κ1) is 16.7. The first-order valence-electron chi connectivity index (χ1n) is 6.61. The summed E-state index contributed by atoms with van der Waals surface area (Å²) in [5.74, 6) is -1.91. The van der Waals surface area contributed by atoms with Crippen molar-refractivity contribution in [1.82, 2.24) is 5.32 Å². The van der Waals surface area contributed by atoms with Gasteiger partial charge in [0, 0.05) is 24.9 Å². The Labute approximate surface area is 109 Å². The standard InChI is InChI=1S/C14H25NO3/c1-4-6-7-8-12(14(17)18)11(3)10-13(16)15-9-5-2/h5,11-12H,2,4,6-10H2,1,3H3,(H,15,16)(H,17,18)/p-1/t11-,12-/m1/s1. The Morgan fingerprint density at radius 1 is 1.39 bits per heavy atom. The van der Waals surface area contributed by atoms with Crippen molar-refractivity contribution in [3.63, 3.8) is 0 Å². The van der Waals surface area contributed by atoms with E-state index in [0.29, 0.717) is 13.0 Å². The van der Waals surface area contributed by atoms with Crippen molar-refractivity contribution in [2.75, 3.05) is 6.54 Å². The molecule has 0 saturated carbocycles. The van der Waals surface area contributed by atoms with Crippen LogP contribution in [0.5, 0.6) is 0 Å². The molecule has 0 bridgehead atoms. The molecule has 0 aromatic heterocycles. The Hall–Kier alpha value is -1.32. The second kappa shape index (κ2) is 9.68. The summed E-state index contributed by atoms with van der Waals surface area (Å²) >= 11 is 0. The second-order valence-electron chi connectivity index (χ2n) is 4.70. The number of hydrogen-bond acceptors (Lipinski definition) is 3. The number of amides is 1. The predicted molar refractivity (Wildman–Crippen MR) is 69.6 cm³/mol. The van der Waals surface area contributed by atoms with Gasteiger partial charge in [0.25, 0.3) is 0 Å². The molecule has 0 aromatic rings. The summed E-state index contributed by atoms with van der Waals surface area (Å²) in [6, 6.07) is 0. The highest BCUT2D eigenvalue weighted by Crippen LogP contribution is 2.21. The number of hydrogen-bond donors (Lipinski definition) is 1. The number of nitrogens with one attached hydrogen (secondary N) is 1. The Morgan fingerprint density at radius 3 is 2.56 bits per heavy atom. The van der Waals surface area contributed by atoms with E-state index in [1.807, 2.05) is 0 Å². The molecule has 0 aliphatic heterocycles. The van der Waals surface area contributed by atoms with Crippen molar-refractivity contribution in [3.05, 3.63) is 12.7 Å². The molecule has 0 aliphatic carbocycles. The lowest BCUT2D eigenvalue weighted by Crippen LogP contribution is -2.37. The lowest BCUT2D eigenvalue weighted by Gasteiger charge is -2.24. The van der Waals surface area contributed by atoms with Crippen LogP contribution in [0.3, 0.4) is 0 Å². The molecule has 18 heavy (non-hydrogen) atoms. The van der Waals surface area contributed by atoms with Gasteiger partial charge in [-0.2, -0.15) is 0 Å². The molecule has 0 aliphatic rings. The van der Waals surface area contributed by atoms with E-state index < -0.39 is 11.9 Å². The molecule has 104 valence electrons. The number of carbonyl (C=O) groups is 2. The van der Waals surface area contributed by atoms with Gasteiger partial charge in [-0.3, -0.25) is 4.79 Å². The molecule has 0 fully saturated rings. The third-order valence-corrected chi connectivity index (χ3v) is 3.06. The average Bonchev–Trinajstić information content (AvgIpc) is 2.31. The van der Waals surface area contributed by atoms with Crippen LogP contribution in [0.1, 0.15) is 46.0 Å². The third-order valence-electron chi connectivity index (χ3n) is 3.06. The van der Waals surface area contributed by atoms with E-state index in [1.54, 1.807) is 13.0 Å². The molecular formula is C14H24NO3-. The molecule has 0 aromatic carbocycles. The van der Waals surface area contributed by atoms with Crippen LogP contribution in [-0.2, 0) is 9.59 Å². The minimum Gasteiger partial charge on any atom is -0.550 e. The van der Waals surface area contributed by atoms with Gasteiger partial charge in [-0.25, -0.2) is 0 Å². The molecule has 1 amide bonds. The smallest absolute Gasteiger partial charge is 0.220 e. The third kappa shape index (κ3) is 7.09. The number of carboxylic acids is 1. The maximum Gasteiger partial charge on any atom is 0.220 e. The summed E-state index contributed by atoms with van der Waals surface area (Å²) in [5.41, 5.74) is 0. The summed E-state index contributed by atoms with van der Waals surface area (Å²) in [7, 11) is 0. The summed E-state index contributed by atoms with van der Waals surface area (Å²) in [6.07, 6.45) is 5.34. The van der Waals surface area contributed by atoms with Crippen molar-refractivity contribution in [1.29, 1.82) is 0 Å². The molecule has 2 atom stereocenters.